The number of alkyl halides is 3. The molecule has 33 heavy (non-hydrogen) atoms. The summed E-state index contributed by atoms with van der Waals surface area (Å²) in [5, 5.41) is 0.526. The molecule has 4 nitrogen and oxygen atoms in total. The van der Waals surface area contributed by atoms with E-state index in [1.54, 1.807) is 25.1 Å². The number of esters is 1. The molecule has 2 aromatic rings. The van der Waals surface area contributed by atoms with E-state index in [1.165, 1.54) is 17.0 Å². The molecule has 1 aliphatic heterocycles. The first-order valence-electron chi connectivity index (χ1n) is 10.6. The van der Waals surface area contributed by atoms with Crippen molar-refractivity contribution in [3.05, 3.63) is 81.5 Å². The second kappa shape index (κ2) is 10.00. The summed E-state index contributed by atoms with van der Waals surface area (Å²) in [6.07, 6.45) is -4.53. The number of allylic oxidation sites excluding steroid dienone is 1. The van der Waals surface area contributed by atoms with Gasteiger partial charge in [-0.05, 0) is 48.2 Å². The fourth-order valence-electron chi connectivity index (χ4n) is 3.80. The molecule has 1 aliphatic rings. The Morgan fingerprint density at radius 2 is 1.85 bits per heavy atom. The molecule has 0 unspecified atom stereocenters. The van der Waals surface area contributed by atoms with Crippen LogP contribution in [0, 0.1) is 5.92 Å². The van der Waals surface area contributed by atoms with Gasteiger partial charge in [-0.2, -0.15) is 13.2 Å². The lowest BCUT2D eigenvalue weighted by atomic mass is 9.83. The van der Waals surface area contributed by atoms with Gasteiger partial charge in [0.1, 0.15) is 0 Å². The standard InChI is InChI=1S/C25H25ClF3NO3/c1-15(2)14-33-24(32)23-16(3)30(13-17-5-4-6-20(26)11-17)22(31)12-21(23)18-7-9-19(10-8-18)25(27,28)29/h4-11,15,21H,12-14H2,1-3H3/t21-/m1/s1. The Labute approximate surface area is 196 Å². The van der Waals surface area contributed by atoms with Gasteiger partial charge in [0, 0.05) is 23.1 Å². The first-order chi connectivity index (χ1) is 15.5. The average molecular weight is 480 g/mol. The third kappa shape index (κ3) is 5.96. The van der Waals surface area contributed by atoms with Gasteiger partial charge < -0.3 is 9.64 Å². The molecule has 0 N–H and O–H groups in total. The maximum absolute atomic E-state index is 13.1. The van der Waals surface area contributed by atoms with Crippen molar-refractivity contribution in [1.29, 1.82) is 0 Å². The fourth-order valence-corrected chi connectivity index (χ4v) is 4.01. The Bertz CT molecular complexity index is 1060. The Morgan fingerprint density at radius 1 is 1.18 bits per heavy atom. The van der Waals surface area contributed by atoms with Crippen LogP contribution in [0.4, 0.5) is 13.2 Å². The zero-order chi connectivity index (χ0) is 24.3. The number of carbonyl (C=O) groups is 2. The quantitative estimate of drug-likeness (QED) is 0.454. The lowest BCUT2D eigenvalue weighted by Crippen LogP contribution is -2.38. The summed E-state index contributed by atoms with van der Waals surface area (Å²) < 4.78 is 44.5. The van der Waals surface area contributed by atoms with E-state index in [9.17, 15) is 22.8 Å². The van der Waals surface area contributed by atoms with Crippen LogP contribution in [-0.2, 0) is 27.0 Å². The number of hydrogen-bond acceptors (Lipinski definition) is 3. The van der Waals surface area contributed by atoms with Crippen LogP contribution in [0.1, 0.15) is 49.8 Å². The van der Waals surface area contributed by atoms with E-state index in [4.69, 9.17) is 16.3 Å². The van der Waals surface area contributed by atoms with Crippen molar-refractivity contribution in [3.8, 4) is 0 Å². The zero-order valence-corrected chi connectivity index (χ0v) is 19.3. The number of rotatable bonds is 6. The van der Waals surface area contributed by atoms with Gasteiger partial charge >= 0.3 is 12.1 Å². The molecule has 1 atom stereocenters. The van der Waals surface area contributed by atoms with Crippen molar-refractivity contribution in [2.75, 3.05) is 6.61 Å². The van der Waals surface area contributed by atoms with Crippen molar-refractivity contribution in [2.45, 2.75) is 45.8 Å². The minimum Gasteiger partial charge on any atom is -0.462 e. The number of amides is 1. The summed E-state index contributed by atoms with van der Waals surface area (Å²) in [6, 6.07) is 11.6. The lowest BCUT2D eigenvalue weighted by Gasteiger charge is -2.34. The highest BCUT2D eigenvalue weighted by Crippen LogP contribution is 2.39. The monoisotopic (exact) mass is 479 g/mol. The van der Waals surface area contributed by atoms with E-state index in [1.807, 2.05) is 19.9 Å². The van der Waals surface area contributed by atoms with Crippen LogP contribution < -0.4 is 0 Å². The van der Waals surface area contributed by atoms with Crippen LogP contribution in [0.3, 0.4) is 0 Å². The Morgan fingerprint density at radius 3 is 2.42 bits per heavy atom. The third-order valence-electron chi connectivity index (χ3n) is 5.46. The molecule has 2 aromatic carbocycles. The predicted molar refractivity (Wildman–Crippen MR) is 119 cm³/mol. The summed E-state index contributed by atoms with van der Waals surface area (Å²) >= 11 is 6.06. The first-order valence-corrected chi connectivity index (χ1v) is 10.9. The second-order valence-electron chi connectivity index (χ2n) is 8.48. The number of nitrogens with zero attached hydrogens (tertiary/aromatic N) is 1. The van der Waals surface area contributed by atoms with E-state index in [0.717, 1.165) is 17.7 Å². The molecule has 176 valence electrons. The zero-order valence-electron chi connectivity index (χ0n) is 18.6. The SMILES string of the molecule is CC1=C(C(=O)OCC(C)C)[C@@H](c2ccc(C(F)(F)F)cc2)CC(=O)N1Cc1cccc(Cl)c1. The number of carbonyl (C=O) groups excluding carboxylic acids is 2. The molecule has 1 amide bonds. The molecule has 1 heterocycles. The number of ether oxygens (including phenoxy) is 1. The van der Waals surface area contributed by atoms with Gasteiger partial charge in [0.15, 0.2) is 0 Å². The smallest absolute Gasteiger partial charge is 0.416 e. The average Bonchev–Trinajstić information content (AvgIpc) is 2.74. The Kier molecular flexibility index (Phi) is 7.52. The molecular formula is C25H25ClF3NO3. The number of hydrogen-bond donors (Lipinski definition) is 0. The van der Waals surface area contributed by atoms with E-state index in [2.05, 4.69) is 0 Å². The number of halogens is 4. The van der Waals surface area contributed by atoms with Gasteiger partial charge in [-0.15, -0.1) is 0 Å². The van der Waals surface area contributed by atoms with Crippen LogP contribution in [-0.4, -0.2) is 23.4 Å². The molecule has 0 aliphatic carbocycles. The Balaban J connectivity index is 2.01. The Hall–Kier alpha value is -2.80. The van der Waals surface area contributed by atoms with Crippen LogP contribution in [0.5, 0.6) is 0 Å². The molecule has 0 fully saturated rings. The molecule has 0 spiro atoms. The van der Waals surface area contributed by atoms with Crippen molar-refractivity contribution in [1.82, 2.24) is 4.90 Å². The van der Waals surface area contributed by atoms with Gasteiger partial charge in [0.05, 0.1) is 24.3 Å². The normalized spacial score (nSPS) is 17.0. The maximum Gasteiger partial charge on any atom is 0.416 e. The minimum absolute atomic E-state index is 0.0601. The summed E-state index contributed by atoms with van der Waals surface area (Å²) in [4.78, 5) is 27.6. The van der Waals surface area contributed by atoms with Crippen LogP contribution in [0.15, 0.2) is 59.8 Å². The van der Waals surface area contributed by atoms with Crippen LogP contribution >= 0.6 is 11.6 Å². The largest absolute Gasteiger partial charge is 0.462 e. The van der Waals surface area contributed by atoms with E-state index in [-0.39, 0.29) is 37.0 Å². The topological polar surface area (TPSA) is 46.6 Å². The molecule has 0 radical (unpaired) electrons. The van der Waals surface area contributed by atoms with Gasteiger partial charge in [-0.1, -0.05) is 49.7 Å². The van der Waals surface area contributed by atoms with Gasteiger partial charge in [0.25, 0.3) is 0 Å². The molecule has 0 aromatic heterocycles. The molecule has 3 rings (SSSR count). The van der Waals surface area contributed by atoms with E-state index >= 15 is 0 Å². The summed E-state index contributed by atoms with van der Waals surface area (Å²) in [5.41, 5.74) is 1.15. The van der Waals surface area contributed by atoms with Gasteiger partial charge in [-0.25, -0.2) is 4.79 Å². The highest BCUT2D eigenvalue weighted by molar-refractivity contribution is 6.30. The molecule has 0 saturated carbocycles. The summed E-state index contributed by atoms with van der Waals surface area (Å²) in [7, 11) is 0. The third-order valence-corrected chi connectivity index (χ3v) is 5.70. The van der Waals surface area contributed by atoms with Crippen molar-refractivity contribution in [2.24, 2.45) is 5.92 Å². The molecule has 8 heteroatoms. The summed E-state index contributed by atoms with van der Waals surface area (Å²) in [5.74, 6) is -1.41. The summed E-state index contributed by atoms with van der Waals surface area (Å²) in [6.45, 7) is 5.86. The van der Waals surface area contributed by atoms with E-state index < -0.39 is 23.6 Å². The van der Waals surface area contributed by atoms with Crippen LogP contribution in [0.2, 0.25) is 5.02 Å². The fraction of sp³-hybridized carbons (Fsp3) is 0.360. The lowest BCUT2D eigenvalue weighted by molar-refractivity contribution is -0.141. The van der Waals surface area contributed by atoms with Crippen molar-refractivity contribution < 1.29 is 27.5 Å². The second-order valence-corrected chi connectivity index (χ2v) is 8.91. The molecule has 0 bridgehead atoms. The first kappa shape index (κ1) is 24.8. The highest BCUT2D eigenvalue weighted by Gasteiger charge is 2.38. The van der Waals surface area contributed by atoms with E-state index in [0.29, 0.717) is 16.3 Å². The van der Waals surface area contributed by atoms with Crippen LogP contribution in [0.25, 0.3) is 0 Å². The highest BCUT2D eigenvalue weighted by atomic mass is 35.5. The van der Waals surface area contributed by atoms with Gasteiger partial charge in [0.2, 0.25) is 5.91 Å². The van der Waals surface area contributed by atoms with Gasteiger partial charge in [-0.3, -0.25) is 4.79 Å². The number of benzene rings is 2. The minimum atomic E-state index is -4.47. The molecule has 0 saturated heterocycles. The predicted octanol–water partition coefficient (Wildman–Crippen LogP) is 6.35. The molecular weight excluding hydrogens is 455 g/mol. The van der Waals surface area contributed by atoms with Crippen molar-refractivity contribution >= 4 is 23.5 Å². The maximum atomic E-state index is 13.1. The van der Waals surface area contributed by atoms with Crippen molar-refractivity contribution in [3.63, 3.8) is 0 Å².